The van der Waals surface area contributed by atoms with E-state index in [1.54, 1.807) is 18.2 Å². The quantitative estimate of drug-likeness (QED) is 0.525. The number of benzene rings is 1. The van der Waals surface area contributed by atoms with E-state index < -0.39 is 0 Å². The Bertz CT molecular complexity index is 807. The lowest BCUT2D eigenvalue weighted by molar-refractivity contribution is -0.125. The Balaban J connectivity index is 1.35. The van der Waals surface area contributed by atoms with Crippen molar-refractivity contribution in [1.82, 2.24) is 14.8 Å². The summed E-state index contributed by atoms with van der Waals surface area (Å²) in [6.45, 7) is 4.32. The van der Waals surface area contributed by atoms with Crippen molar-refractivity contribution in [3.8, 4) is 5.75 Å². The van der Waals surface area contributed by atoms with Crippen molar-refractivity contribution in [2.75, 3.05) is 39.3 Å². The first-order valence-corrected chi connectivity index (χ1v) is 10.8. The average Bonchev–Trinajstić information content (AvgIpc) is 2.99. The van der Waals surface area contributed by atoms with Gasteiger partial charge in [-0.05, 0) is 63.5 Å². The Labute approximate surface area is 176 Å². The Morgan fingerprint density at radius 2 is 1.86 bits per heavy atom. The first-order chi connectivity index (χ1) is 14.1. The zero-order chi connectivity index (χ0) is 20.2. The van der Waals surface area contributed by atoms with E-state index in [-0.39, 0.29) is 18.5 Å². The van der Waals surface area contributed by atoms with Crippen molar-refractivity contribution >= 4 is 29.3 Å². The molecule has 7 nitrogen and oxygen atoms in total. The van der Waals surface area contributed by atoms with Gasteiger partial charge in [-0.1, -0.05) is 18.0 Å². The number of likely N-dealkylation sites (tertiary alicyclic amines) is 1. The third-order valence-corrected chi connectivity index (χ3v) is 5.92. The predicted molar refractivity (Wildman–Crippen MR) is 111 cm³/mol. The maximum atomic E-state index is 12.7. The number of unbranched alkanes of at least 4 members (excludes halogenated alkanes) is 1. The first-order valence-electron chi connectivity index (χ1n) is 10.5. The van der Waals surface area contributed by atoms with Gasteiger partial charge in [-0.2, -0.15) is 5.10 Å². The SMILES string of the molecule is O=C1CN(/N=C2\CCOc3ccc(Cl)cc32)C(=O)N1CCCCN1CCCCC1. The molecule has 1 aromatic carbocycles. The van der Waals surface area contributed by atoms with Gasteiger partial charge in [-0.25, -0.2) is 9.80 Å². The lowest BCUT2D eigenvalue weighted by atomic mass is 10.0. The number of hydrazone groups is 1. The van der Waals surface area contributed by atoms with Crippen molar-refractivity contribution in [1.29, 1.82) is 0 Å². The van der Waals surface area contributed by atoms with Crippen LogP contribution in [0.15, 0.2) is 23.3 Å². The fourth-order valence-electron chi connectivity index (χ4n) is 4.11. The smallest absolute Gasteiger partial charge is 0.347 e. The van der Waals surface area contributed by atoms with E-state index in [9.17, 15) is 9.59 Å². The predicted octanol–water partition coefficient (Wildman–Crippen LogP) is 3.36. The minimum absolute atomic E-state index is 0.00872. The molecule has 0 spiro atoms. The van der Waals surface area contributed by atoms with Crippen molar-refractivity contribution in [2.45, 2.75) is 38.5 Å². The molecule has 0 radical (unpaired) electrons. The Kier molecular flexibility index (Phi) is 6.35. The fraction of sp³-hybridized carbons (Fsp3) is 0.571. The highest BCUT2D eigenvalue weighted by Gasteiger charge is 2.36. The molecule has 29 heavy (non-hydrogen) atoms. The van der Waals surface area contributed by atoms with Crippen LogP contribution in [-0.2, 0) is 4.79 Å². The first kappa shape index (κ1) is 20.2. The van der Waals surface area contributed by atoms with Crippen LogP contribution in [0.4, 0.5) is 4.79 Å². The zero-order valence-corrected chi connectivity index (χ0v) is 17.4. The number of fused-ring (bicyclic) bond motifs is 1. The number of rotatable bonds is 6. The number of urea groups is 1. The summed E-state index contributed by atoms with van der Waals surface area (Å²) in [5.41, 5.74) is 1.51. The topological polar surface area (TPSA) is 65.5 Å². The zero-order valence-electron chi connectivity index (χ0n) is 16.6. The summed E-state index contributed by atoms with van der Waals surface area (Å²) in [6, 6.07) is 5.02. The number of hydrogen-bond donors (Lipinski definition) is 0. The van der Waals surface area contributed by atoms with Crippen LogP contribution in [0.1, 0.15) is 44.1 Å². The molecule has 1 aromatic rings. The molecule has 4 rings (SSSR count). The van der Waals surface area contributed by atoms with Crippen LogP contribution in [0.5, 0.6) is 5.75 Å². The van der Waals surface area contributed by atoms with Gasteiger partial charge in [0.05, 0.1) is 12.3 Å². The Morgan fingerprint density at radius 3 is 2.69 bits per heavy atom. The lowest BCUT2D eigenvalue weighted by Crippen LogP contribution is -2.34. The molecule has 0 saturated carbocycles. The van der Waals surface area contributed by atoms with Crippen LogP contribution in [0, 0.1) is 0 Å². The van der Waals surface area contributed by atoms with Gasteiger partial charge in [-0.3, -0.25) is 9.69 Å². The van der Waals surface area contributed by atoms with E-state index in [4.69, 9.17) is 16.3 Å². The molecule has 2 fully saturated rings. The third-order valence-electron chi connectivity index (χ3n) is 5.68. The van der Waals surface area contributed by atoms with Crippen LogP contribution in [0.2, 0.25) is 5.02 Å². The lowest BCUT2D eigenvalue weighted by Gasteiger charge is -2.26. The summed E-state index contributed by atoms with van der Waals surface area (Å²) < 4.78 is 5.63. The van der Waals surface area contributed by atoms with Crippen LogP contribution < -0.4 is 4.74 Å². The van der Waals surface area contributed by atoms with Gasteiger partial charge in [-0.15, -0.1) is 0 Å². The number of nitrogens with zero attached hydrogens (tertiary/aromatic N) is 4. The Morgan fingerprint density at radius 1 is 1.07 bits per heavy atom. The second kappa shape index (κ2) is 9.13. The van der Waals surface area contributed by atoms with Gasteiger partial charge < -0.3 is 9.64 Å². The van der Waals surface area contributed by atoms with Gasteiger partial charge in [0.15, 0.2) is 0 Å². The third kappa shape index (κ3) is 4.73. The molecule has 2 saturated heterocycles. The van der Waals surface area contributed by atoms with E-state index >= 15 is 0 Å². The molecule has 3 aliphatic heterocycles. The monoisotopic (exact) mass is 418 g/mol. The average molecular weight is 419 g/mol. The minimum Gasteiger partial charge on any atom is -0.492 e. The van der Waals surface area contributed by atoms with Crippen LogP contribution in [0.25, 0.3) is 0 Å². The summed E-state index contributed by atoms with van der Waals surface area (Å²) in [6.07, 6.45) is 6.27. The maximum absolute atomic E-state index is 12.7. The molecule has 3 amide bonds. The van der Waals surface area contributed by atoms with Crippen LogP contribution in [-0.4, -0.2) is 71.8 Å². The van der Waals surface area contributed by atoms with Gasteiger partial charge in [0.2, 0.25) is 0 Å². The number of carbonyl (C=O) groups is 2. The molecule has 156 valence electrons. The number of carbonyl (C=O) groups excluding carboxylic acids is 2. The van der Waals surface area contributed by atoms with Gasteiger partial charge in [0, 0.05) is 23.6 Å². The van der Waals surface area contributed by atoms with Crippen molar-refractivity contribution in [2.24, 2.45) is 5.10 Å². The normalized spacial score (nSPS) is 21.6. The summed E-state index contributed by atoms with van der Waals surface area (Å²) >= 11 is 6.10. The highest BCUT2D eigenvalue weighted by Crippen LogP contribution is 2.28. The van der Waals surface area contributed by atoms with E-state index in [2.05, 4.69) is 10.0 Å². The number of hydrogen-bond acceptors (Lipinski definition) is 5. The summed E-state index contributed by atoms with van der Waals surface area (Å²) in [7, 11) is 0. The molecule has 0 atom stereocenters. The van der Waals surface area contributed by atoms with E-state index in [0.717, 1.165) is 30.7 Å². The molecule has 3 aliphatic rings. The van der Waals surface area contributed by atoms with E-state index in [1.165, 1.54) is 42.3 Å². The van der Waals surface area contributed by atoms with Gasteiger partial charge >= 0.3 is 6.03 Å². The second-order valence-electron chi connectivity index (χ2n) is 7.78. The van der Waals surface area contributed by atoms with Crippen LogP contribution >= 0.6 is 11.6 Å². The van der Waals surface area contributed by atoms with Crippen LogP contribution in [0.3, 0.4) is 0 Å². The molecular weight excluding hydrogens is 392 g/mol. The number of ether oxygens (including phenoxy) is 1. The summed E-state index contributed by atoms with van der Waals surface area (Å²) in [5, 5.41) is 6.35. The molecule has 0 aliphatic carbocycles. The molecular formula is C21H27ClN4O3. The molecule has 8 heteroatoms. The number of halogens is 1. The largest absolute Gasteiger partial charge is 0.492 e. The molecule has 3 heterocycles. The van der Waals surface area contributed by atoms with Crippen molar-refractivity contribution in [3.63, 3.8) is 0 Å². The van der Waals surface area contributed by atoms with E-state index in [0.29, 0.717) is 30.3 Å². The molecule has 0 bridgehead atoms. The van der Waals surface area contributed by atoms with E-state index in [1.807, 2.05) is 0 Å². The van der Waals surface area contributed by atoms with Crippen molar-refractivity contribution in [3.05, 3.63) is 28.8 Å². The minimum atomic E-state index is -0.337. The Hall–Kier alpha value is -2.12. The van der Waals surface area contributed by atoms with Gasteiger partial charge in [0.1, 0.15) is 12.3 Å². The fourth-order valence-corrected chi connectivity index (χ4v) is 4.28. The molecule has 0 unspecified atom stereocenters. The number of amides is 3. The second-order valence-corrected chi connectivity index (χ2v) is 8.22. The van der Waals surface area contributed by atoms with Gasteiger partial charge in [0.25, 0.3) is 5.91 Å². The summed E-state index contributed by atoms with van der Waals surface area (Å²) in [4.78, 5) is 28.9. The highest BCUT2D eigenvalue weighted by atomic mass is 35.5. The molecule has 0 N–H and O–H groups in total. The number of imide groups is 1. The molecule has 0 aromatic heterocycles. The van der Waals surface area contributed by atoms with Crippen molar-refractivity contribution < 1.29 is 14.3 Å². The maximum Gasteiger partial charge on any atom is 0.347 e. The summed E-state index contributed by atoms with van der Waals surface area (Å²) in [5.74, 6) is 0.516. The standard InChI is InChI=1S/C21H27ClN4O3/c22-16-6-7-19-17(14-16)18(8-13-29-19)23-26-15-20(27)25(21(26)28)12-5-4-11-24-9-2-1-3-10-24/h6-7,14H,1-5,8-13,15H2/b23-18+. The highest BCUT2D eigenvalue weighted by molar-refractivity contribution is 6.31. The number of piperidine rings is 1.